The zero-order valence-corrected chi connectivity index (χ0v) is 15.2. The minimum absolute atomic E-state index is 0.0261. The summed E-state index contributed by atoms with van der Waals surface area (Å²) in [4.78, 5) is 24.9. The molecule has 0 unspecified atom stereocenters. The van der Waals surface area contributed by atoms with Crippen molar-refractivity contribution in [3.05, 3.63) is 100 Å². The van der Waals surface area contributed by atoms with Crippen molar-refractivity contribution in [2.75, 3.05) is 0 Å². The third kappa shape index (κ3) is 3.52. The molecule has 29 heavy (non-hydrogen) atoms. The van der Waals surface area contributed by atoms with Crippen molar-refractivity contribution in [2.24, 2.45) is 0 Å². The molecule has 0 saturated carbocycles. The molecule has 4 rings (SSSR count). The molecule has 3 aromatic carbocycles. The standard InChI is InChI=1S/C23H14F2O4/c1-13-19(29-23(27)15-6-4-7-16(24)11-15)10-9-17-21(26)20(28-22(13)17)12-14-5-2-3-8-18(14)25/h2-12H,1H3/b20-12-. The van der Waals surface area contributed by atoms with Gasteiger partial charge < -0.3 is 9.47 Å². The van der Waals surface area contributed by atoms with E-state index in [0.29, 0.717) is 5.56 Å². The van der Waals surface area contributed by atoms with E-state index in [0.717, 1.165) is 6.07 Å². The molecule has 3 aromatic rings. The Morgan fingerprint density at radius 1 is 1.03 bits per heavy atom. The highest BCUT2D eigenvalue weighted by atomic mass is 19.1. The fourth-order valence-electron chi connectivity index (χ4n) is 2.99. The van der Waals surface area contributed by atoms with Gasteiger partial charge in [0.25, 0.3) is 0 Å². The highest BCUT2D eigenvalue weighted by Crippen LogP contribution is 2.39. The monoisotopic (exact) mass is 392 g/mol. The molecule has 4 nitrogen and oxygen atoms in total. The Morgan fingerprint density at radius 3 is 2.59 bits per heavy atom. The van der Waals surface area contributed by atoms with Crippen LogP contribution in [0.3, 0.4) is 0 Å². The maximum Gasteiger partial charge on any atom is 0.343 e. The van der Waals surface area contributed by atoms with E-state index in [4.69, 9.17) is 9.47 Å². The van der Waals surface area contributed by atoms with Gasteiger partial charge in [0.1, 0.15) is 23.1 Å². The van der Waals surface area contributed by atoms with E-state index in [2.05, 4.69) is 0 Å². The lowest BCUT2D eigenvalue weighted by atomic mass is 10.1. The van der Waals surface area contributed by atoms with Gasteiger partial charge in [-0.1, -0.05) is 24.3 Å². The van der Waals surface area contributed by atoms with Crippen LogP contribution in [0, 0.1) is 18.6 Å². The first-order chi connectivity index (χ1) is 13.9. The number of hydrogen-bond acceptors (Lipinski definition) is 4. The summed E-state index contributed by atoms with van der Waals surface area (Å²) in [5.41, 5.74) is 0.995. The molecule has 0 N–H and O–H groups in total. The molecule has 0 bridgehead atoms. The molecule has 0 spiro atoms. The van der Waals surface area contributed by atoms with Crippen LogP contribution in [0.25, 0.3) is 6.08 Å². The Bertz CT molecular complexity index is 1180. The summed E-state index contributed by atoms with van der Waals surface area (Å²) >= 11 is 0. The van der Waals surface area contributed by atoms with Crippen molar-refractivity contribution in [3.63, 3.8) is 0 Å². The van der Waals surface area contributed by atoms with E-state index in [1.807, 2.05) is 0 Å². The molecule has 1 heterocycles. The summed E-state index contributed by atoms with van der Waals surface area (Å²) in [7, 11) is 0. The first kappa shape index (κ1) is 18.6. The molecular weight excluding hydrogens is 378 g/mol. The molecule has 0 aliphatic carbocycles. The van der Waals surface area contributed by atoms with Gasteiger partial charge in [0.05, 0.1) is 11.1 Å². The van der Waals surface area contributed by atoms with Gasteiger partial charge in [-0.15, -0.1) is 0 Å². The fourth-order valence-corrected chi connectivity index (χ4v) is 2.99. The van der Waals surface area contributed by atoms with Crippen LogP contribution in [-0.4, -0.2) is 11.8 Å². The molecule has 0 radical (unpaired) electrons. The number of Topliss-reactive ketones (excluding diaryl/α,β-unsaturated/α-hetero) is 1. The number of allylic oxidation sites excluding steroid dienone is 1. The molecule has 0 amide bonds. The van der Waals surface area contributed by atoms with E-state index in [9.17, 15) is 18.4 Å². The zero-order valence-electron chi connectivity index (χ0n) is 15.2. The lowest BCUT2D eigenvalue weighted by molar-refractivity contribution is 0.0732. The van der Waals surface area contributed by atoms with Crippen LogP contribution in [0.5, 0.6) is 11.5 Å². The largest absolute Gasteiger partial charge is 0.452 e. The Hall–Kier alpha value is -3.80. The van der Waals surface area contributed by atoms with Crippen molar-refractivity contribution in [1.29, 1.82) is 0 Å². The minimum Gasteiger partial charge on any atom is -0.452 e. The summed E-state index contributed by atoms with van der Waals surface area (Å²) in [5, 5.41) is 0. The molecule has 144 valence electrons. The van der Waals surface area contributed by atoms with Gasteiger partial charge in [-0.2, -0.15) is 0 Å². The third-order valence-electron chi connectivity index (χ3n) is 4.49. The van der Waals surface area contributed by atoms with Gasteiger partial charge in [-0.25, -0.2) is 13.6 Å². The van der Waals surface area contributed by atoms with Crippen LogP contribution in [-0.2, 0) is 0 Å². The number of ketones is 1. The number of hydrogen-bond donors (Lipinski definition) is 0. The number of carbonyl (C=O) groups excluding carboxylic acids is 2. The van der Waals surface area contributed by atoms with Gasteiger partial charge in [-0.05, 0) is 49.4 Å². The van der Waals surface area contributed by atoms with E-state index >= 15 is 0 Å². The maximum atomic E-state index is 13.9. The van der Waals surface area contributed by atoms with E-state index in [1.54, 1.807) is 19.1 Å². The number of benzene rings is 3. The van der Waals surface area contributed by atoms with Crippen molar-refractivity contribution in [3.8, 4) is 11.5 Å². The molecule has 1 aliphatic rings. The van der Waals surface area contributed by atoms with Crippen molar-refractivity contribution in [2.45, 2.75) is 6.92 Å². The smallest absolute Gasteiger partial charge is 0.343 e. The SMILES string of the molecule is Cc1c(OC(=O)c2cccc(F)c2)ccc2c1O/C(=C\c1ccccc1F)C2=O. The molecule has 1 aliphatic heterocycles. The summed E-state index contributed by atoms with van der Waals surface area (Å²) in [6.45, 7) is 1.63. The second-order valence-electron chi connectivity index (χ2n) is 6.43. The van der Waals surface area contributed by atoms with Gasteiger partial charge in [0.15, 0.2) is 5.76 Å². The topological polar surface area (TPSA) is 52.6 Å². The van der Waals surface area contributed by atoms with Crippen LogP contribution in [0.4, 0.5) is 8.78 Å². The zero-order chi connectivity index (χ0) is 20.5. The number of carbonyl (C=O) groups is 2. The van der Waals surface area contributed by atoms with Gasteiger partial charge in [0.2, 0.25) is 5.78 Å². The highest BCUT2D eigenvalue weighted by Gasteiger charge is 2.30. The average Bonchev–Trinajstić information content (AvgIpc) is 3.02. The second kappa shape index (κ2) is 7.31. The first-order valence-corrected chi connectivity index (χ1v) is 8.74. The summed E-state index contributed by atoms with van der Waals surface area (Å²) in [5.74, 6) is -1.77. The van der Waals surface area contributed by atoms with Crippen LogP contribution < -0.4 is 9.47 Å². The van der Waals surface area contributed by atoms with Gasteiger partial charge >= 0.3 is 5.97 Å². The van der Waals surface area contributed by atoms with Crippen LogP contribution >= 0.6 is 0 Å². The van der Waals surface area contributed by atoms with Gasteiger partial charge in [-0.3, -0.25) is 4.79 Å². The number of rotatable bonds is 3. The number of esters is 1. The van der Waals surface area contributed by atoms with Crippen molar-refractivity contribution < 1.29 is 27.8 Å². The van der Waals surface area contributed by atoms with Crippen molar-refractivity contribution >= 4 is 17.8 Å². The number of ether oxygens (including phenoxy) is 2. The average molecular weight is 392 g/mol. The maximum absolute atomic E-state index is 13.9. The Kier molecular flexibility index (Phi) is 4.68. The van der Waals surface area contributed by atoms with Crippen molar-refractivity contribution in [1.82, 2.24) is 0 Å². The predicted molar refractivity (Wildman–Crippen MR) is 102 cm³/mol. The molecule has 0 saturated heterocycles. The lowest BCUT2D eigenvalue weighted by Crippen LogP contribution is -2.09. The fraction of sp³-hybridized carbons (Fsp3) is 0.0435. The molecule has 0 aromatic heterocycles. The number of halogens is 2. The van der Waals surface area contributed by atoms with Crippen LogP contribution in [0.2, 0.25) is 0 Å². The highest BCUT2D eigenvalue weighted by molar-refractivity contribution is 6.15. The normalized spacial score (nSPS) is 13.9. The molecule has 0 fully saturated rings. The second-order valence-corrected chi connectivity index (χ2v) is 6.43. The molecule has 6 heteroatoms. The summed E-state index contributed by atoms with van der Waals surface area (Å²) in [6.07, 6.45) is 1.33. The quantitative estimate of drug-likeness (QED) is 0.353. The molecule has 0 atom stereocenters. The molecular formula is C23H14F2O4. The third-order valence-corrected chi connectivity index (χ3v) is 4.49. The first-order valence-electron chi connectivity index (χ1n) is 8.74. The summed E-state index contributed by atoms with van der Waals surface area (Å²) in [6, 6.07) is 14.1. The Morgan fingerprint density at radius 2 is 1.83 bits per heavy atom. The Balaban J connectivity index is 1.63. The van der Waals surface area contributed by atoms with E-state index in [-0.39, 0.29) is 33.9 Å². The van der Waals surface area contributed by atoms with Crippen LogP contribution in [0.1, 0.15) is 31.8 Å². The Labute approximate surface area is 165 Å². The minimum atomic E-state index is -0.737. The summed E-state index contributed by atoms with van der Waals surface area (Å²) < 4.78 is 38.2. The number of fused-ring (bicyclic) bond motifs is 1. The van der Waals surface area contributed by atoms with E-state index < -0.39 is 23.4 Å². The van der Waals surface area contributed by atoms with Crippen LogP contribution in [0.15, 0.2) is 66.4 Å². The predicted octanol–water partition coefficient (Wildman–Crippen LogP) is 5.11. The van der Waals surface area contributed by atoms with E-state index in [1.165, 1.54) is 48.5 Å². The van der Waals surface area contributed by atoms with Gasteiger partial charge in [0, 0.05) is 11.1 Å². The lowest BCUT2D eigenvalue weighted by Gasteiger charge is -2.10.